The lowest BCUT2D eigenvalue weighted by molar-refractivity contribution is -0.139. The minimum absolute atomic E-state index is 0.162. The second-order valence-corrected chi connectivity index (χ2v) is 10.2. The van der Waals surface area contributed by atoms with Crippen LogP contribution in [0.15, 0.2) is 88.2 Å². The van der Waals surface area contributed by atoms with E-state index in [0.717, 1.165) is 5.56 Å². The maximum absolute atomic E-state index is 14.0. The van der Waals surface area contributed by atoms with Crippen LogP contribution in [0.3, 0.4) is 0 Å². The molecule has 0 saturated heterocycles. The third-order valence-electron chi connectivity index (χ3n) is 6.54. The molecule has 0 aliphatic carbocycles. The van der Waals surface area contributed by atoms with Gasteiger partial charge in [0.05, 0.1) is 42.7 Å². The summed E-state index contributed by atoms with van der Waals surface area (Å²) in [5.41, 5.74) is 2.46. The minimum Gasteiger partial charge on any atom is -0.497 e. The number of thiazole rings is 1. The highest BCUT2D eigenvalue weighted by atomic mass is 32.1. The molecule has 1 aliphatic rings. The molecule has 0 N–H and O–H groups in total. The molecule has 0 saturated carbocycles. The van der Waals surface area contributed by atoms with Gasteiger partial charge < -0.3 is 18.9 Å². The van der Waals surface area contributed by atoms with E-state index in [1.165, 1.54) is 29.9 Å². The number of methoxy groups -OCH3 is 2. The maximum atomic E-state index is 14.0. The summed E-state index contributed by atoms with van der Waals surface area (Å²) < 4.78 is 23.4. The van der Waals surface area contributed by atoms with Gasteiger partial charge in [0.2, 0.25) is 0 Å². The quantitative estimate of drug-likeness (QED) is 0.229. The van der Waals surface area contributed by atoms with Gasteiger partial charge in [-0.05, 0) is 48.4 Å². The van der Waals surface area contributed by atoms with Crippen molar-refractivity contribution < 1.29 is 28.5 Å². The molecular formula is C32H28N2O7S. The van der Waals surface area contributed by atoms with Gasteiger partial charge in [-0.3, -0.25) is 14.2 Å². The van der Waals surface area contributed by atoms with Crippen molar-refractivity contribution in [3.8, 4) is 17.2 Å². The standard InChI is InChI=1S/C32H28N2O7S/c1-5-40-31(37)27-28(21-9-7-6-8-10-21)33-32-34(29(27)22-12-14-23(38-3)15-13-22)30(36)26(42-32)18-20-11-16-24(41-19(2)35)25(17-20)39-4/h6-18,29H,5H2,1-4H3/b26-18-/t29-/m0/s1. The van der Waals surface area contributed by atoms with Crippen LogP contribution < -0.4 is 29.1 Å². The first kappa shape index (κ1) is 28.6. The molecule has 5 rings (SSSR count). The highest BCUT2D eigenvalue weighted by molar-refractivity contribution is 7.07. The van der Waals surface area contributed by atoms with Crippen LogP contribution in [0.25, 0.3) is 11.8 Å². The van der Waals surface area contributed by atoms with Crippen molar-refractivity contribution >= 4 is 35.0 Å². The largest absolute Gasteiger partial charge is 0.497 e. The summed E-state index contributed by atoms with van der Waals surface area (Å²) in [6.07, 6.45) is 1.71. The maximum Gasteiger partial charge on any atom is 0.338 e. The number of esters is 2. The van der Waals surface area contributed by atoms with E-state index in [9.17, 15) is 14.4 Å². The van der Waals surface area contributed by atoms with Crippen LogP contribution in [-0.2, 0) is 14.3 Å². The molecule has 1 atom stereocenters. The summed E-state index contributed by atoms with van der Waals surface area (Å²) in [7, 11) is 3.04. The lowest BCUT2D eigenvalue weighted by Crippen LogP contribution is -2.40. The molecule has 214 valence electrons. The fourth-order valence-electron chi connectivity index (χ4n) is 4.71. The Kier molecular flexibility index (Phi) is 8.35. The van der Waals surface area contributed by atoms with E-state index in [2.05, 4.69) is 0 Å². The van der Waals surface area contributed by atoms with Crippen LogP contribution in [0, 0.1) is 0 Å². The molecule has 1 aromatic heterocycles. The van der Waals surface area contributed by atoms with E-state index in [1.54, 1.807) is 50.4 Å². The van der Waals surface area contributed by atoms with Gasteiger partial charge in [-0.25, -0.2) is 9.79 Å². The molecule has 0 fully saturated rings. The Morgan fingerprint density at radius 2 is 1.71 bits per heavy atom. The summed E-state index contributed by atoms with van der Waals surface area (Å²) in [4.78, 5) is 44.3. The molecule has 0 spiro atoms. The number of carbonyl (C=O) groups is 2. The predicted molar refractivity (Wildman–Crippen MR) is 158 cm³/mol. The lowest BCUT2D eigenvalue weighted by Gasteiger charge is -2.26. The lowest BCUT2D eigenvalue weighted by atomic mass is 9.93. The first-order valence-electron chi connectivity index (χ1n) is 13.1. The van der Waals surface area contributed by atoms with Crippen LogP contribution in [0.1, 0.15) is 36.6 Å². The third-order valence-corrected chi connectivity index (χ3v) is 7.53. The third kappa shape index (κ3) is 5.61. The Bertz CT molecular complexity index is 1860. The summed E-state index contributed by atoms with van der Waals surface area (Å²) in [6, 6.07) is 20.8. The highest BCUT2D eigenvalue weighted by Crippen LogP contribution is 2.36. The molecule has 10 heteroatoms. The van der Waals surface area contributed by atoms with E-state index in [-0.39, 0.29) is 23.5 Å². The fourth-order valence-corrected chi connectivity index (χ4v) is 5.71. The van der Waals surface area contributed by atoms with Gasteiger partial charge in [0.15, 0.2) is 16.3 Å². The van der Waals surface area contributed by atoms with E-state index in [1.807, 2.05) is 42.5 Å². The molecule has 42 heavy (non-hydrogen) atoms. The molecule has 0 bridgehead atoms. The number of rotatable bonds is 8. The summed E-state index contributed by atoms with van der Waals surface area (Å²) in [5.74, 6) is 0.233. The number of ether oxygens (including phenoxy) is 4. The molecule has 4 aromatic rings. The minimum atomic E-state index is -0.801. The Morgan fingerprint density at radius 1 is 0.976 bits per heavy atom. The van der Waals surface area contributed by atoms with Crippen molar-refractivity contribution in [3.63, 3.8) is 0 Å². The molecule has 0 amide bonds. The SMILES string of the molecule is CCOC(=O)C1=C(c2ccccc2)N=c2s/c(=C\c3ccc(OC(C)=O)c(OC)c3)c(=O)n2[C@H]1c1ccc(OC)cc1. The van der Waals surface area contributed by atoms with E-state index in [0.29, 0.717) is 37.7 Å². The number of aromatic nitrogens is 1. The Morgan fingerprint density at radius 3 is 2.36 bits per heavy atom. The van der Waals surface area contributed by atoms with Crippen LogP contribution in [0.4, 0.5) is 0 Å². The molecule has 3 aromatic carbocycles. The van der Waals surface area contributed by atoms with Crippen molar-refractivity contribution in [2.75, 3.05) is 20.8 Å². The molecule has 9 nitrogen and oxygen atoms in total. The zero-order chi connectivity index (χ0) is 29.8. The molecule has 0 unspecified atom stereocenters. The van der Waals surface area contributed by atoms with Gasteiger partial charge >= 0.3 is 11.9 Å². The first-order valence-corrected chi connectivity index (χ1v) is 13.9. The van der Waals surface area contributed by atoms with Gasteiger partial charge in [0.25, 0.3) is 5.56 Å². The van der Waals surface area contributed by atoms with Crippen LogP contribution >= 0.6 is 11.3 Å². The number of carbonyl (C=O) groups excluding carboxylic acids is 2. The smallest absolute Gasteiger partial charge is 0.338 e. The van der Waals surface area contributed by atoms with Crippen molar-refractivity contribution in [1.29, 1.82) is 0 Å². The first-order chi connectivity index (χ1) is 20.3. The monoisotopic (exact) mass is 584 g/mol. The van der Waals surface area contributed by atoms with Crippen LogP contribution in [0.5, 0.6) is 17.2 Å². The number of benzene rings is 3. The van der Waals surface area contributed by atoms with Gasteiger partial charge in [-0.2, -0.15) is 0 Å². The van der Waals surface area contributed by atoms with Gasteiger partial charge in [-0.1, -0.05) is 59.9 Å². The van der Waals surface area contributed by atoms with E-state index < -0.39 is 18.0 Å². The zero-order valence-electron chi connectivity index (χ0n) is 23.5. The van der Waals surface area contributed by atoms with E-state index >= 15 is 0 Å². The average molecular weight is 585 g/mol. The normalized spacial score (nSPS) is 14.6. The van der Waals surface area contributed by atoms with Crippen LogP contribution in [-0.4, -0.2) is 37.3 Å². The Balaban J connectivity index is 1.76. The second kappa shape index (κ2) is 12.3. The number of nitrogens with zero attached hydrogens (tertiary/aromatic N) is 2. The van der Waals surface area contributed by atoms with Crippen molar-refractivity contribution in [2.45, 2.75) is 19.9 Å². The second-order valence-electron chi connectivity index (χ2n) is 9.21. The molecule has 2 heterocycles. The summed E-state index contributed by atoms with van der Waals surface area (Å²) in [5, 5.41) is 0. The molecule has 1 aliphatic heterocycles. The topological polar surface area (TPSA) is 105 Å². The number of hydrogen-bond acceptors (Lipinski definition) is 9. The van der Waals surface area contributed by atoms with Gasteiger partial charge in [-0.15, -0.1) is 0 Å². The Hall–Kier alpha value is -4.96. The van der Waals surface area contributed by atoms with Gasteiger partial charge in [0, 0.05) is 12.5 Å². The zero-order valence-corrected chi connectivity index (χ0v) is 24.3. The molecule has 0 radical (unpaired) electrons. The van der Waals surface area contributed by atoms with Gasteiger partial charge in [0.1, 0.15) is 5.75 Å². The summed E-state index contributed by atoms with van der Waals surface area (Å²) in [6.45, 7) is 3.20. The number of hydrogen-bond donors (Lipinski definition) is 0. The Labute approximate surface area is 245 Å². The average Bonchev–Trinajstić information content (AvgIpc) is 3.31. The van der Waals surface area contributed by atoms with Crippen LogP contribution in [0.2, 0.25) is 0 Å². The fraction of sp³-hybridized carbons (Fsp3) is 0.188. The van der Waals surface area contributed by atoms with Crippen molar-refractivity contribution in [2.24, 2.45) is 4.99 Å². The highest BCUT2D eigenvalue weighted by Gasteiger charge is 2.35. The van der Waals surface area contributed by atoms with E-state index in [4.69, 9.17) is 23.9 Å². The van der Waals surface area contributed by atoms with Crippen molar-refractivity contribution in [1.82, 2.24) is 4.57 Å². The van der Waals surface area contributed by atoms with Crippen molar-refractivity contribution in [3.05, 3.63) is 115 Å². The molecular weight excluding hydrogens is 556 g/mol. The predicted octanol–water partition coefficient (Wildman–Crippen LogP) is 3.88. The summed E-state index contributed by atoms with van der Waals surface area (Å²) >= 11 is 1.21. The number of fused-ring (bicyclic) bond motifs is 1.